The Morgan fingerprint density at radius 3 is 2.27 bits per heavy atom. The van der Waals surface area contributed by atoms with Gasteiger partial charge in [-0.3, -0.25) is 0 Å². The highest BCUT2D eigenvalue weighted by molar-refractivity contribution is 5.60. The number of phenolic OH excluding ortho intramolecular Hbond substituents is 1. The van der Waals surface area contributed by atoms with Gasteiger partial charge in [-0.05, 0) is 80.1 Å². The summed E-state index contributed by atoms with van der Waals surface area (Å²) in [6.45, 7) is 2.31. The average Bonchev–Trinajstić information content (AvgIpc) is 3.15. The third-order valence-corrected chi connectivity index (χ3v) is 4.92. The summed E-state index contributed by atoms with van der Waals surface area (Å²) in [6.07, 6.45) is 5.06. The van der Waals surface area contributed by atoms with Gasteiger partial charge in [0.05, 0.1) is 6.10 Å². The molecule has 0 radical (unpaired) electrons. The normalized spacial score (nSPS) is 20.0. The van der Waals surface area contributed by atoms with E-state index in [0.717, 1.165) is 35.6 Å². The van der Waals surface area contributed by atoms with Gasteiger partial charge in [-0.25, -0.2) is 0 Å². The van der Waals surface area contributed by atoms with Crippen LogP contribution in [0.25, 0.3) is 22.8 Å². The Morgan fingerprint density at radius 2 is 1.58 bits per heavy atom. The van der Waals surface area contributed by atoms with Crippen LogP contribution in [-0.2, 0) is 0 Å². The number of nitrogens with zero attached hydrogens (tertiary/aromatic N) is 2. The van der Waals surface area contributed by atoms with E-state index in [1.54, 1.807) is 24.3 Å². The highest BCUT2D eigenvalue weighted by Crippen LogP contribution is 2.29. The monoisotopic (exact) mass is 350 g/mol. The van der Waals surface area contributed by atoms with Crippen molar-refractivity contribution in [3.8, 4) is 34.3 Å². The van der Waals surface area contributed by atoms with Crippen molar-refractivity contribution in [2.24, 2.45) is 5.92 Å². The highest BCUT2D eigenvalue weighted by Gasteiger charge is 2.19. The number of ether oxygens (including phenoxy) is 1. The largest absolute Gasteiger partial charge is 0.508 e. The Labute approximate surface area is 152 Å². The van der Waals surface area contributed by atoms with E-state index in [9.17, 15) is 5.11 Å². The second kappa shape index (κ2) is 7.20. The van der Waals surface area contributed by atoms with Crippen LogP contribution in [0.3, 0.4) is 0 Å². The van der Waals surface area contributed by atoms with E-state index >= 15 is 0 Å². The summed E-state index contributed by atoms with van der Waals surface area (Å²) in [4.78, 5) is 4.43. The number of benzene rings is 2. The first-order valence-electron chi connectivity index (χ1n) is 9.07. The maximum Gasteiger partial charge on any atom is 0.258 e. The molecule has 0 bridgehead atoms. The number of aromatic nitrogens is 2. The molecule has 0 atom stereocenters. The second-order valence-corrected chi connectivity index (χ2v) is 6.99. The minimum atomic E-state index is 0.205. The van der Waals surface area contributed by atoms with Gasteiger partial charge in [-0.1, -0.05) is 12.1 Å². The molecule has 0 spiro atoms. The fraction of sp³-hybridized carbons (Fsp3) is 0.333. The molecule has 3 aromatic rings. The van der Waals surface area contributed by atoms with Crippen molar-refractivity contribution < 1.29 is 14.4 Å². The van der Waals surface area contributed by atoms with Crippen LogP contribution in [0.5, 0.6) is 11.5 Å². The van der Waals surface area contributed by atoms with Crippen LogP contribution < -0.4 is 4.74 Å². The van der Waals surface area contributed by atoms with Gasteiger partial charge in [0.15, 0.2) is 0 Å². The zero-order valence-electron chi connectivity index (χ0n) is 14.8. The summed E-state index contributed by atoms with van der Waals surface area (Å²) >= 11 is 0. The molecule has 0 unspecified atom stereocenters. The maximum atomic E-state index is 9.36. The van der Waals surface area contributed by atoms with Crippen molar-refractivity contribution in [3.63, 3.8) is 0 Å². The Kier molecular flexibility index (Phi) is 4.61. The standard InChI is InChI=1S/C21H22N2O3/c1-14-2-10-18(11-3-14)25-19-12-6-15(7-13-19)20-22-21(26-23-20)16-4-8-17(24)9-5-16/h4-9,12-14,18,24H,2-3,10-11H2,1H3. The quantitative estimate of drug-likeness (QED) is 0.712. The van der Waals surface area contributed by atoms with E-state index in [1.807, 2.05) is 24.3 Å². The van der Waals surface area contributed by atoms with Gasteiger partial charge < -0.3 is 14.4 Å². The molecule has 134 valence electrons. The van der Waals surface area contributed by atoms with Crippen LogP contribution in [0.1, 0.15) is 32.6 Å². The Hall–Kier alpha value is -2.82. The first-order valence-corrected chi connectivity index (χ1v) is 9.07. The van der Waals surface area contributed by atoms with E-state index < -0.39 is 0 Å². The predicted octanol–water partition coefficient (Wildman–Crippen LogP) is 5.07. The molecular formula is C21H22N2O3. The Morgan fingerprint density at radius 1 is 0.923 bits per heavy atom. The number of phenols is 1. The molecule has 1 heterocycles. The van der Waals surface area contributed by atoms with Crippen molar-refractivity contribution in [3.05, 3.63) is 48.5 Å². The van der Waals surface area contributed by atoms with Crippen LogP contribution in [-0.4, -0.2) is 21.4 Å². The van der Waals surface area contributed by atoms with Gasteiger partial charge in [0.2, 0.25) is 5.82 Å². The fourth-order valence-corrected chi connectivity index (χ4v) is 3.28. The van der Waals surface area contributed by atoms with E-state index in [0.29, 0.717) is 17.8 Å². The Bertz CT molecular complexity index is 848. The summed E-state index contributed by atoms with van der Waals surface area (Å²) in [6, 6.07) is 14.5. The summed E-state index contributed by atoms with van der Waals surface area (Å²) in [5.74, 6) is 2.87. The molecule has 1 aliphatic rings. The lowest BCUT2D eigenvalue weighted by Crippen LogP contribution is -2.22. The lowest BCUT2D eigenvalue weighted by Gasteiger charge is -2.26. The molecule has 1 fully saturated rings. The van der Waals surface area contributed by atoms with E-state index in [1.165, 1.54) is 12.8 Å². The minimum Gasteiger partial charge on any atom is -0.508 e. The van der Waals surface area contributed by atoms with Crippen LogP contribution in [0.15, 0.2) is 53.1 Å². The summed E-state index contributed by atoms with van der Waals surface area (Å²) in [7, 11) is 0. The molecule has 5 nitrogen and oxygen atoms in total. The second-order valence-electron chi connectivity index (χ2n) is 6.99. The molecule has 26 heavy (non-hydrogen) atoms. The lowest BCUT2D eigenvalue weighted by molar-refractivity contribution is 0.135. The van der Waals surface area contributed by atoms with Crippen molar-refractivity contribution in [2.45, 2.75) is 38.7 Å². The SMILES string of the molecule is CC1CCC(Oc2ccc(-c3noc(-c4ccc(O)cc4)n3)cc2)CC1. The number of rotatable bonds is 4. The first kappa shape index (κ1) is 16.6. The minimum absolute atomic E-state index is 0.205. The molecule has 2 aromatic carbocycles. The van der Waals surface area contributed by atoms with E-state index in [-0.39, 0.29) is 5.75 Å². The average molecular weight is 350 g/mol. The number of hydrogen-bond acceptors (Lipinski definition) is 5. The molecule has 0 saturated heterocycles. The van der Waals surface area contributed by atoms with Gasteiger partial charge in [0, 0.05) is 11.1 Å². The lowest BCUT2D eigenvalue weighted by atomic mass is 9.89. The Balaban J connectivity index is 1.44. The summed E-state index contributed by atoms with van der Waals surface area (Å²) in [5, 5.41) is 13.4. The van der Waals surface area contributed by atoms with Crippen molar-refractivity contribution in [2.75, 3.05) is 0 Å². The fourth-order valence-electron chi connectivity index (χ4n) is 3.28. The zero-order valence-corrected chi connectivity index (χ0v) is 14.8. The van der Waals surface area contributed by atoms with E-state index in [4.69, 9.17) is 9.26 Å². The van der Waals surface area contributed by atoms with Gasteiger partial charge in [-0.2, -0.15) is 4.98 Å². The smallest absolute Gasteiger partial charge is 0.258 e. The van der Waals surface area contributed by atoms with Crippen LogP contribution in [0, 0.1) is 5.92 Å². The number of hydrogen-bond donors (Lipinski definition) is 1. The van der Waals surface area contributed by atoms with Crippen molar-refractivity contribution >= 4 is 0 Å². The molecular weight excluding hydrogens is 328 g/mol. The molecule has 1 aromatic heterocycles. The zero-order chi connectivity index (χ0) is 17.9. The predicted molar refractivity (Wildman–Crippen MR) is 98.9 cm³/mol. The summed E-state index contributed by atoms with van der Waals surface area (Å²) in [5.41, 5.74) is 1.65. The molecule has 0 aliphatic heterocycles. The van der Waals surface area contributed by atoms with Gasteiger partial charge in [0.25, 0.3) is 5.89 Å². The molecule has 1 aliphatic carbocycles. The van der Waals surface area contributed by atoms with Crippen molar-refractivity contribution in [1.82, 2.24) is 10.1 Å². The maximum absolute atomic E-state index is 9.36. The van der Waals surface area contributed by atoms with Gasteiger partial charge in [0.1, 0.15) is 11.5 Å². The molecule has 0 amide bonds. The topological polar surface area (TPSA) is 68.4 Å². The molecule has 1 saturated carbocycles. The first-order chi connectivity index (χ1) is 12.7. The van der Waals surface area contributed by atoms with Gasteiger partial charge in [-0.15, -0.1) is 0 Å². The molecule has 5 heteroatoms. The number of aromatic hydroxyl groups is 1. The highest BCUT2D eigenvalue weighted by atomic mass is 16.5. The van der Waals surface area contributed by atoms with Crippen LogP contribution in [0.4, 0.5) is 0 Å². The molecule has 1 N–H and O–H groups in total. The van der Waals surface area contributed by atoms with Crippen LogP contribution in [0.2, 0.25) is 0 Å². The van der Waals surface area contributed by atoms with Crippen molar-refractivity contribution in [1.29, 1.82) is 0 Å². The van der Waals surface area contributed by atoms with Crippen LogP contribution >= 0.6 is 0 Å². The summed E-state index contributed by atoms with van der Waals surface area (Å²) < 4.78 is 11.4. The third kappa shape index (κ3) is 3.72. The third-order valence-electron chi connectivity index (χ3n) is 4.92. The van der Waals surface area contributed by atoms with E-state index in [2.05, 4.69) is 17.1 Å². The molecule has 4 rings (SSSR count). The van der Waals surface area contributed by atoms with Gasteiger partial charge >= 0.3 is 0 Å².